The molecule has 0 saturated heterocycles. The molecule has 0 saturated carbocycles. The van der Waals surface area contributed by atoms with Gasteiger partial charge < -0.3 is 15.4 Å². The number of aromatic carboxylic acids is 1. The van der Waals surface area contributed by atoms with Crippen molar-refractivity contribution < 1.29 is 14.3 Å². The van der Waals surface area contributed by atoms with E-state index in [4.69, 9.17) is 5.11 Å². The van der Waals surface area contributed by atoms with Gasteiger partial charge in [0.25, 0.3) is 0 Å². The van der Waals surface area contributed by atoms with Crippen LogP contribution in [0.15, 0.2) is 24.4 Å². The van der Waals surface area contributed by atoms with Gasteiger partial charge in [0, 0.05) is 0 Å². The Balaban J connectivity index is 2.13. The van der Waals surface area contributed by atoms with E-state index in [2.05, 4.69) is 15.3 Å². The molecule has 0 aliphatic carbocycles. The highest BCUT2D eigenvalue weighted by Crippen LogP contribution is 2.17. The van der Waals surface area contributed by atoms with Crippen LogP contribution in [-0.2, 0) is 6.54 Å². The number of aromatic nitrogens is 2. The molecule has 0 unspecified atom stereocenters. The molecule has 0 radical (unpaired) electrons. The molecule has 2 rings (SSSR count). The number of benzene rings is 1. The maximum Gasteiger partial charge on any atom is 0.335 e. The molecule has 1 aromatic carbocycles. The zero-order valence-corrected chi connectivity index (χ0v) is 9.70. The van der Waals surface area contributed by atoms with Crippen molar-refractivity contribution in [3.05, 3.63) is 47.3 Å². The zero-order chi connectivity index (χ0) is 13.1. The minimum absolute atomic E-state index is 0.0414. The van der Waals surface area contributed by atoms with E-state index in [9.17, 15) is 9.18 Å². The van der Waals surface area contributed by atoms with Gasteiger partial charge in [-0.25, -0.2) is 14.2 Å². The Kier molecular flexibility index (Phi) is 3.27. The fourth-order valence-corrected chi connectivity index (χ4v) is 1.55. The lowest BCUT2D eigenvalue weighted by molar-refractivity contribution is 0.0697. The van der Waals surface area contributed by atoms with Crippen molar-refractivity contribution in [3.63, 3.8) is 0 Å². The highest BCUT2D eigenvalue weighted by Gasteiger charge is 2.08. The van der Waals surface area contributed by atoms with E-state index >= 15 is 0 Å². The summed E-state index contributed by atoms with van der Waals surface area (Å²) in [5, 5.41) is 11.7. The predicted molar refractivity (Wildman–Crippen MR) is 64.0 cm³/mol. The molecule has 0 atom stereocenters. The molecule has 0 bridgehead atoms. The summed E-state index contributed by atoms with van der Waals surface area (Å²) in [4.78, 5) is 17.8. The van der Waals surface area contributed by atoms with E-state index in [1.807, 2.05) is 6.92 Å². The molecule has 0 fully saturated rings. The van der Waals surface area contributed by atoms with Crippen LogP contribution in [0.4, 0.5) is 10.1 Å². The first-order chi connectivity index (χ1) is 8.56. The topological polar surface area (TPSA) is 78.0 Å². The number of imidazole rings is 1. The Labute approximate surface area is 103 Å². The van der Waals surface area contributed by atoms with Crippen molar-refractivity contribution in [3.8, 4) is 0 Å². The minimum atomic E-state index is -1.09. The summed E-state index contributed by atoms with van der Waals surface area (Å²) < 4.78 is 13.5. The third kappa shape index (κ3) is 2.65. The van der Waals surface area contributed by atoms with Crippen molar-refractivity contribution in [2.45, 2.75) is 13.5 Å². The average molecular weight is 249 g/mol. The number of anilines is 1. The fraction of sp³-hybridized carbons (Fsp3) is 0.167. The minimum Gasteiger partial charge on any atom is -0.478 e. The molecule has 94 valence electrons. The van der Waals surface area contributed by atoms with Crippen LogP contribution in [0.5, 0.6) is 0 Å². The van der Waals surface area contributed by atoms with Crippen LogP contribution in [0.3, 0.4) is 0 Å². The van der Waals surface area contributed by atoms with Crippen LogP contribution in [0.1, 0.15) is 21.9 Å². The fourth-order valence-electron chi connectivity index (χ4n) is 1.55. The van der Waals surface area contributed by atoms with Gasteiger partial charge in [0.15, 0.2) is 0 Å². The van der Waals surface area contributed by atoms with E-state index in [1.165, 1.54) is 12.1 Å². The molecule has 5 nitrogen and oxygen atoms in total. The van der Waals surface area contributed by atoms with Crippen LogP contribution in [0, 0.1) is 12.7 Å². The Bertz CT molecular complexity index is 580. The number of hydrogen-bond acceptors (Lipinski definition) is 3. The van der Waals surface area contributed by atoms with Gasteiger partial charge in [-0.1, -0.05) is 0 Å². The molecule has 0 spiro atoms. The second kappa shape index (κ2) is 4.87. The molecule has 1 heterocycles. The van der Waals surface area contributed by atoms with Crippen LogP contribution in [0.2, 0.25) is 0 Å². The largest absolute Gasteiger partial charge is 0.478 e. The molecule has 0 aliphatic rings. The lowest BCUT2D eigenvalue weighted by Crippen LogP contribution is -2.04. The number of halogens is 1. The molecule has 0 amide bonds. The SMILES string of the molecule is Cc1ncc(CNc2cc(C(=O)O)ccc2F)[nH]1. The summed E-state index contributed by atoms with van der Waals surface area (Å²) >= 11 is 0. The Morgan fingerprint density at radius 3 is 2.94 bits per heavy atom. The molecule has 3 N–H and O–H groups in total. The van der Waals surface area contributed by atoms with E-state index in [0.717, 1.165) is 17.6 Å². The first-order valence-corrected chi connectivity index (χ1v) is 5.33. The van der Waals surface area contributed by atoms with Crippen molar-refractivity contribution in [1.82, 2.24) is 9.97 Å². The maximum atomic E-state index is 13.5. The molecule has 2 aromatic rings. The van der Waals surface area contributed by atoms with Gasteiger partial charge in [0.05, 0.1) is 29.7 Å². The maximum absolute atomic E-state index is 13.5. The van der Waals surface area contributed by atoms with E-state index < -0.39 is 11.8 Å². The number of aryl methyl sites for hydroxylation is 1. The smallest absolute Gasteiger partial charge is 0.335 e. The van der Waals surface area contributed by atoms with E-state index in [0.29, 0.717) is 6.54 Å². The molecule has 1 aromatic heterocycles. The second-order valence-corrected chi connectivity index (χ2v) is 3.85. The number of rotatable bonds is 4. The summed E-state index contributed by atoms with van der Waals surface area (Å²) in [7, 11) is 0. The predicted octanol–water partition coefficient (Wildman–Crippen LogP) is 2.17. The summed E-state index contributed by atoms with van der Waals surface area (Å²) in [6.45, 7) is 2.16. The number of hydrogen-bond donors (Lipinski definition) is 3. The quantitative estimate of drug-likeness (QED) is 0.776. The number of nitrogens with one attached hydrogen (secondary N) is 2. The van der Waals surface area contributed by atoms with Crippen molar-refractivity contribution in [1.29, 1.82) is 0 Å². The van der Waals surface area contributed by atoms with Gasteiger partial charge in [-0.3, -0.25) is 0 Å². The highest BCUT2D eigenvalue weighted by molar-refractivity contribution is 5.88. The van der Waals surface area contributed by atoms with Crippen molar-refractivity contribution >= 4 is 11.7 Å². The molecular weight excluding hydrogens is 237 g/mol. The third-order valence-electron chi connectivity index (χ3n) is 2.44. The lowest BCUT2D eigenvalue weighted by Gasteiger charge is -2.07. The van der Waals surface area contributed by atoms with Crippen LogP contribution >= 0.6 is 0 Å². The van der Waals surface area contributed by atoms with E-state index in [-0.39, 0.29) is 11.3 Å². The van der Waals surface area contributed by atoms with Gasteiger partial charge in [-0.05, 0) is 25.1 Å². The summed E-state index contributed by atoms with van der Waals surface area (Å²) in [6, 6.07) is 3.62. The van der Waals surface area contributed by atoms with Crippen molar-refractivity contribution in [2.75, 3.05) is 5.32 Å². The third-order valence-corrected chi connectivity index (χ3v) is 2.44. The van der Waals surface area contributed by atoms with Crippen molar-refractivity contribution in [2.24, 2.45) is 0 Å². The summed E-state index contributed by atoms with van der Waals surface area (Å²) in [5.74, 6) is -0.807. The molecule has 6 heteroatoms. The number of aromatic amines is 1. The number of nitrogens with zero attached hydrogens (tertiary/aromatic N) is 1. The van der Waals surface area contributed by atoms with Crippen LogP contribution < -0.4 is 5.32 Å². The van der Waals surface area contributed by atoms with Gasteiger partial charge >= 0.3 is 5.97 Å². The van der Waals surface area contributed by atoms with Gasteiger partial charge in [0.1, 0.15) is 11.6 Å². The second-order valence-electron chi connectivity index (χ2n) is 3.85. The number of carboxylic acids is 1. The first-order valence-electron chi connectivity index (χ1n) is 5.33. The Morgan fingerprint density at radius 1 is 1.56 bits per heavy atom. The first kappa shape index (κ1) is 12.1. The normalized spacial score (nSPS) is 10.3. The van der Waals surface area contributed by atoms with Gasteiger partial charge in [0.2, 0.25) is 0 Å². The summed E-state index contributed by atoms with van der Waals surface area (Å²) in [5.41, 5.74) is 0.995. The Morgan fingerprint density at radius 2 is 2.33 bits per heavy atom. The van der Waals surface area contributed by atoms with Gasteiger partial charge in [-0.15, -0.1) is 0 Å². The number of carboxylic acid groups (broad SMARTS) is 1. The van der Waals surface area contributed by atoms with Crippen LogP contribution in [0.25, 0.3) is 0 Å². The average Bonchev–Trinajstić information content (AvgIpc) is 2.74. The van der Waals surface area contributed by atoms with E-state index in [1.54, 1.807) is 6.20 Å². The summed E-state index contributed by atoms with van der Waals surface area (Å²) in [6.07, 6.45) is 1.64. The molecule has 0 aliphatic heterocycles. The highest BCUT2D eigenvalue weighted by atomic mass is 19.1. The van der Waals surface area contributed by atoms with Gasteiger partial charge in [-0.2, -0.15) is 0 Å². The Hall–Kier alpha value is -2.37. The number of H-pyrrole nitrogens is 1. The number of carbonyl (C=O) groups is 1. The molecule has 18 heavy (non-hydrogen) atoms. The van der Waals surface area contributed by atoms with Crippen LogP contribution in [-0.4, -0.2) is 21.0 Å². The monoisotopic (exact) mass is 249 g/mol. The molecular formula is C12H12FN3O2. The standard InChI is InChI=1S/C12H12FN3O2/c1-7-14-5-9(16-7)6-15-11-4-8(12(17)18)2-3-10(11)13/h2-5,15H,6H2,1H3,(H,14,16)(H,17,18). The lowest BCUT2D eigenvalue weighted by atomic mass is 10.2. The zero-order valence-electron chi connectivity index (χ0n) is 9.70.